The number of nitrogens with one attached hydrogen (secondary N) is 2. The van der Waals surface area contributed by atoms with Crippen molar-refractivity contribution in [3.05, 3.63) is 27.6 Å². The SMILES string of the molecule is O=c1[nH]c(CNCC2(O)CCCC2)nc2ccsc12. The Hall–Kier alpha value is -1.24. The van der Waals surface area contributed by atoms with Crippen molar-refractivity contribution >= 4 is 21.6 Å². The first-order valence-electron chi connectivity index (χ1n) is 6.56. The molecule has 0 amide bonds. The lowest BCUT2D eigenvalue weighted by Gasteiger charge is -2.22. The first-order valence-corrected chi connectivity index (χ1v) is 7.44. The van der Waals surface area contributed by atoms with Crippen molar-refractivity contribution in [2.45, 2.75) is 37.8 Å². The zero-order valence-corrected chi connectivity index (χ0v) is 11.4. The minimum absolute atomic E-state index is 0.0867. The number of fused-ring (bicyclic) bond motifs is 1. The van der Waals surface area contributed by atoms with Gasteiger partial charge in [0.05, 0.1) is 17.7 Å². The largest absolute Gasteiger partial charge is 0.389 e. The second-order valence-corrected chi connectivity index (χ2v) is 6.10. The second-order valence-electron chi connectivity index (χ2n) is 5.18. The van der Waals surface area contributed by atoms with E-state index in [-0.39, 0.29) is 5.56 Å². The average molecular weight is 279 g/mol. The maximum Gasteiger partial charge on any atom is 0.268 e. The molecule has 2 aromatic rings. The highest BCUT2D eigenvalue weighted by atomic mass is 32.1. The van der Waals surface area contributed by atoms with Crippen molar-refractivity contribution in [2.24, 2.45) is 0 Å². The maximum atomic E-state index is 11.8. The zero-order chi connectivity index (χ0) is 13.3. The van der Waals surface area contributed by atoms with Gasteiger partial charge in [0.25, 0.3) is 5.56 Å². The lowest BCUT2D eigenvalue weighted by molar-refractivity contribution is 0.0473. The van der Waals surface area contributed by atoms with Crippen LogP contribution in [-0.4, -0.2) is 27.2 Å². The number of hydrogen-bond acceptors (Lipinski definition) is 5. The van der Waals surface area contributed by atoms with E-state index >= 15 is 0 Å². The van der Waals surface area contributed by atoms with Gasteiger partial charge in [0.1, 0.15) is 10.5 Å². The standard InChI is InChI=1S/C13H17N3O2S/c17-12-11-9(3-6-19-11)15-10(16-12)7-14-8-13(18)4-1-2-5-13/h3,6,14,18H,1-2,4-5,7-8H2,(H,15,16,17). The summed E-state index contributed by atoms with van der Waals surface area (Å²) >= 11 is 1.40. The highest BCUT2D eigenvalue weighted by Gasteiger charge is 2.30. The normalized spacial score (nSPS) is 18.2. The first-order chi connectivity index (χ1) is 9.16. The van der Waals surface area contributed by atoms with Crippen LogP contribution < -0.4 is 10.9 Å². The van der Waals surface area contributed by atoms with Crippen LogP contribution in [0.4, 0.5) is 0 Å². The third kappa shape index (κ3) is 2.70. The van der Waals surface area contributed by atoms with Crippen molar-refractivity contribution in [3.8, 4) is 0 Å². The Labute approximate surface area is 114 Å². The van der Waals surface area contributed by atoms with Gasteiger partial charge in [-0.3, -0.25) is 4.79 Å². The van der Waals surface area contributed by atoms with Crippen molar-refractivity contribution in [2.75, 3.05) is 6.54 Å². The number of aromatic nitrogens is 2. The van der Waals surface area contributed by atoms with Gasteiger partial charge in [0.2, 0.25) is 0 Å². The molecule has 1 saturated carbocycles. The molecule has 3 rings (SSSR count). The van der Waals surface area contributed by atoms with Crippen molar-refractivity contribution in [3.63, 3.8) is 0 Å². The van der Waals surface area contributed by atoms with Crippen LogP contribution in [0.2, 0.25) is 0 Å². The summed E-state index contributed by atoms with van der Waals surface area (Å²) in [6.07, 6.45) is 3.89. The van der Waals surface area contributed by atoms with E-state index in [9.17, 15) is 9.90 Å². The van der Waals surface area contributed by atoms with Gasteiger partial charge in [0, 0.05) is 6.54 Å². The predicted octanol–water partition coefficient (Wildman–Crippen LogP) is 1.38. The summed E-state index contributed by atoms with van der Waals surface area (Å²) in [6.45, 7) is 1.03. The van der Waals surface area contributed by atoms with Crippen molar-refractivity contribution in [1.29, 1.82) is 0 Å². The molecule has 0 saturated heterocycles. The Balaban J connectivity index is 1.66. The number of thiophene rings is 1. The maximum absolute atomic E-state index is 11.8. The fourth-order valence-corrected chi connectivity index (χ4v) is 3.35. The monoisotopic (exact) mass is 279 g/mol. The summed E-state index contributed by atoms with van der Waals surface area (Å²) in [5.74, 6) is 0.623. The second kappa shape index (κ2) is 5.03. The Morgan fingerprint density at radius 2 is 2.26 bits per heavy atom. The Morgan fingerprint density at radius 3 is 3.05 bits per heavy atom. The molecule has 0 unspecified atom stereocenters. The molecular formula is C13H17N3O2S. The summed E-state index contributed by atoms with van der Waals surface area (Å²) in [5.41, 5.74) is 0.0776. The number of rotatable bonds is 4. The number of hydrogen-bond donors (Lipinski definition) is 3. The van der Waals surface area contributed by atoms with Crippen LogP contribution in [-0.2, 0) is 6.54 Å². The Morgan fingerprint density at radius 1 is 1.47 bits per heavy atom. The summed E-state index contributed by atoms with van der Waals surface area (Å²) in [5, 5.41) is 15.3. The van der Waals surface area contributed by atoms with E-state index in [2.05, 4.69) is 15.3 Å². The van der Waals surface area contributed by atoms with Gasteiger partial charge in [0.15, 0.2) is 0 Å². The van der Waals surface area contributed by atoms with E-state index in [1.54, 1.807) is 0 Å². The minimum Gasteiger partial charge on any atom is -0.389 e. The molecule has 0 atom stereocenters. The molecular weight excluding hydrogens is 262 g/mol. The fraction of sp³-hybridized carbons (Fsp3) is 0.538. The molecule has 0 aromatic carbocycles. The summed E-state index contributed by atoms with van der Waals surface area (Å²) in [6, 6.07) is 1.85. The van der Waals surface area contributed by atoms with E-state index in [4.69, 9.17) is 0 Å². The topological polar surface area (TPSA) is 78.0 Å². The van der Waals surface area contributed by atoms with Crippen LogP contribution in [0.1, 0.15) is 31.5 Å². The van der Waals surface area contributed by atoms with Crippen LogP contribution in [0.15, 0.2) is 16.2 Å². The third-order valence-corrected chi connectivity index (χ3v) is 4.55. The van der Waals surface area contributed by atoms with Crippen molar-refractivity contribution < 1.29 is 5.11 Å². The van der Waals surface area contributed by atoms with Gasteiger partial charge >= 0.3 is 0 Å². The first kappa shape index (κ1) is 12.8. The van der Waals surface area contributed by atoms with Crippen LogP contribution in [0.25, 0.3) is 10.2 Å². The molecule has 1 aliphatic carbocycles. The zero-order valence-electron chi connectivity index (χ0n) is 10.6. The number of H-pyrrole nitrogens is 1. The molecule has 102 valence electrons. The van der Waals surface area contributed by atoms with Crippen LogP contribution in [0, 0.1) is 0 Å². The molecule has 5 nitrogen and oxygen atoms in total. The molecule has 0 bridgehead atoms. The summed E-state index contributed by atoms with van der Waals surface area (Å²) < 4.78 is 0.665. The Kier molecular flexibility index (Phi) is 3.38. The smallest absolute Gasteiger partial charge is 0.268 e. The fourth-order valence-electron chi connectivity index (χ4n) is 2.63. The molecule has 2 aromatic heterocycles. The number of nitrogens with zero attached hydrogens (tertiary/aromatic N) is 1. The molecule has 1 aliphatic rings. The molecule has 0 spiro atoms. The third-order valence-electron chi connectivity index (χ3n) is 3.64. The Bertz CT molecular complexity index is 628. The van der Waals surface area contributed by atoms with Gasteiger partial charge in [-0.25, -0.2) is 4.98 Å². The van der Waals surface area contributed by atoms with Gasteiger partial charge in [-0.1, -0.05) is 12.8 Å². The van der Waals surface area contributed by atoms with Crippen LogP contribution >= 0.6 is 11.3 Å². The van der Waals surface area contributed by atoms with E-state index in [1.807, 2.05) is 11.4 Å². The molecule has 0 radical (unpaired) electrons. The lowest BCUT2D eigenvalue weighted by atomic mass is 10.0. The average Bonchev–Trinajstić information content (AvgIpc) is 2.98. The molecule has 1 fully saturated rings. The van der Waals surface area contributed by atoms with Gasteiger partial charge in [-0.05, 0) is 24.3 Å². The quantitative estimate of drug-likeness (QED) is 0.790. The number of aliphatic hydroxyl groups is 1. The minimum atomic E-state index is -0.577. The van der Waals surface area contributed by atoms with E-state index in [1.165, 1.54) is 11.3 Å². The van der Waals surface area contributed by atoms with Gasteiger partial charge in [-0.15, -0.1) is 11.3 Å². The predicted molar refractivity (Wildman–Crippen MR) is 75.4 cm³/mol. The van der Waals surface area contributed by atoms with E-state index < -0.39 is 5.60 Å². The highest BCUT2D eigenvalue weighted by molar-refractivity contribution is 7.17. The molecule has 2 heterocycles. The van der Waals surface area contributed by atoms with Crippen LogP contribution in [0.3, 0.4) is 0 Å². The van der Waals surface area contributed by atoms with E-state index in [0.29, 0.717) is 23.6 Å². The molecule has 6 heteroatoms. The van der Waals surface area contributed by atoms with E-state index in [0.717, 1.165) is 31.2 Å². The molecule has 19 heavy (non-hydrogen) atoms. The van der Waals surface area contributed by atoms with Crippen LogP contribution in [0.5, 0.6) is 0 Å². The van der Waals surface area contributed by atoms with Crippen molar-refractivity contribution in [1.82, 2.24) is 15.3 Å². The number of aromatic amines is 1. The lowest BCUT2D eigenvalue weighted by Crippen LogP contribution is -2.38. The molecule has 0 aliphatic heterocycles. The summed E-state index contributed by atoms with van der Waals surface area (Å²) in [7, 11) is 0. The summed E-state index contributed by atoms with van der Waals surface area (Å²) in [4.78, 5) is 18.9. The van der Waals surface area contributed by atoms with Gasteiger partial charge < -0.3 is 15.4 Å². The van der Waals surface area contributed by atoms with Gasteiger partial charge in [-0.2, -0.15) is 0 Å². The highest BCUT2D eigenvalue weighted by Crippen LogP contribution is 2.28. The molecule has 3 N–H and O–H groups in total.